The molecule has 0 bridgehead atoms. The van der Waals surface area contributed by atoms with Crippen LogP contribution in [0.4, 0.5) is 16.5 Å². The third-order valence-corrected chi connectivity index (χ3v) is 5.70. The number of rotatable bonds is 9. The first-order valence-corrected chi connectivity index (χ1v) is 10.3. The molecular weight excluding hydrogens is 392 g/mol. The highest BCUT2D eigenvalue weighted by molar-refractivity contribution is 8.01. The Morgan fingerprint density at radius 2 is 1.96 bits per heavy atom. The van der Waals surface area contributed by atoms with Gasteiger partial charge in [0.15, 0.2) is 4.34 Å². The number of ether oxygens (including phenoxy) is 1. The molecule has 8 heteroatoms. The van der Waals surface area contributed by atoms with Gasteiger partial charge < -0.3 is 15.0 Å². The molecule has 3 rings (SSSR count). The predicted octanol–water partition coefficient (Wildman–Crippen LogP) is 4.60. The second-order valence-corrected chi connectivity index (χ2v) is 7.84. The molecule has 0 unspecified atom stereocenters. The number of hydrogen-bond acceptors (Lipinski definition) is 7. The molecule has 0 atom stereocenters. The summed E-state index contributed by atoms with van der Waals surface area (Å²) in [4.78, 5) is 14.4. The number of hydrogen-bond donors (Lipinski definition) is 1. The van der Waals surface area contributed by atoms with E-state index in [1.54, 1.807) is 18.1 Å². The molecule has 144 valence electrons. The van der Waals surface area contributed by atoms with Gasteiger partial charge in [0.2, 0.25) is 11.0 Å². The maximum atomic E-state index is 12.7. The van der Waals surface area contributed by atoms with E-state index in [1.165, 1.54) is 23.1 Å². The van der Waals surface area contributed by atoms with Crippen molar-refractivity contribution >= 4 is 45.5 Å². The van der Waals surface area contributed by atoms with Crippen LogP contribution in [0.1, 0.15) is 0 Å². The normalized spacial score (nSPS) is 10.3. The SMILES string of the molecule is C=CCN(C(=O)CSc1nnc(Nc2ccc(OC)cc2)s1)c1ccccc1. The maximum absolute atomic E-state index is 12.7. The van der Waals surface area contributed by atoms with Gasteiger partial charge in [0, 0.05) is 17.9 Å². The molecule has 0 aliphatic carbocycles. The van der Waals surface area contributed by atoms with Gasteiger partial charge in [-0.25, -0.2) is 0 Å². The van der Waals surface area contributed by atoms with Gasteiger partial charge in [-0.1, -0.05) is 47.4 Å². The Hall–Kier alpha value is -2.84. The van der Waals surface area contributed by atoms with Crippen LogP contribution in [-0.4, -0.2) is 35.5 Å². The van der Waals surface area contributed by atoms with E-state index in [9.17, 15) is 4.79 Å². The summed E-state index contributed by atoms with van der Waals surface area (Å²) < 4.78 is 5.88. The molecule has 1 amide bonds. The Labute approximate surface area is 172 Å². The van der Waals surface area contributed by atoms with Gasteiger partial charge in [-0.3, -0.25) is 4.79 Å². The molecule has 1 N–H and O–H groups in total. The Morgan fingerprint density at radius 1 is 1.21 bits per heavy atom. The Bertz CT molecular complexity index is 913. The number of para-hydroxylation sites is 1. The van der Waals surface area contributed by atoms with Crippen LogP contribution in [0.3, 0.4) is 0 Å². The first-order valence-electron chi connectivity index (χ1n) is 8.53. The number of thioether (sulfide) groups is 1. The maximum Gasteiger partial charge on any atom is 0.237 e. The minimum Gasteiger partial charge on any atom is -0.497 e. The fourth-order valence-corrected chi connectivity index (χ4v) is 4.05. The molecule has 0 aliphatic rings. The van der Waals surface area contributed by atoms with Crippen LogP contribution in [0.15, 0.2) is 71.6 Å². The Morgan fingerprint density at radius 3 is 2.64 bits per heavy atom. The van der Waals surface area contributed by atoms with E-state index in [4.69, 9.17) is 4.74 Å². The summed E-state index contributed by atoms with van der Waals surface area (Å²) >= 11 is 2.78. The lowest BCUT2D eigenvalue weighted by Crippen LogP contribution is -2.32. The van der Waals surface area contributed by atoms with Crippen molar-refractivity contribution in [2.45, 2.75) is 4.34 Å². The van der Waals surface area contributed by atoms with E-state index in [1.807, 2.05) is 54.6 Å². The highest BCUT2D eigenvalue weighted by Crippen LogP contribution is 2.29. The van der Waals surface area contributed by atoms with Crippen molar-refractivity contribution in [2.75, 3.05) is 29.6 Å². The summed E-state index contributed by atoms with van der Waals surface area (Å²) in [5.74, 6) is 1.07. The predicted molar refractivity (Wildman–Crippen MR) is 116 cm³/mol. The largest absolute Gasteiger partial charge is 0.497 e. The number of carbonyl (C=O) groups excluding carboxylic acids is 1. The zero-order chi connectivity index (χ0) is 19.8. The molecule has 1 heterocycles. The second-order valence-electron chi connectivity index (χ2n) is 5.64. The lowest BCUT2D eigenvalue weighted by atomic mass is 10.3. The van der Waals surface area contributed by atoms with Gasteiger partial charge in [-0.2, -0.15) is 0 Å². The van der Waals surface area contributed by atoms with Crippen LogP contribution >= 0.6 is 23.1 Å². The Balaban J connectivity index is 1.58. The molecule has 0 fully saturated rings. The van der Waals surface area contributed by atoms with Gasteiger partial charge in [0.1, 0.15) is 5.75 Å². The van der Waals surface area contributed by atoms with Crippen LogP contribution < -0.4 is 15.0 Å². The summed E-state index contributed by atoms with van der Waals surface area (Å²) in [7, 11) is 1.63. The third kappa shape index (κ3) is 5.34. The first-order chi connectivity index (χ1) is 13.7. The zero-order valence-electron chi connectivity index (χ0n) is 15.4. The van der Waals surface area contributed by atoms with Crippen LogP contribution in [-0.2, 0) is 4.79 Å². The minimum absolute atomic E-state index is 0.00374. The summed E-state index contributed by atoms with van der Waals surface area (Å²) in [6, 6.07) is 17.1. The highest BCUT2D eigenvalue weighted by atomic mass is 32.2. The van der Waals surface area contributed by atoms with Crippen LogP contribution in [0, 0.1) is 0 Å². The molecule has 0 saturated carbocycles. The van der Waals surface area contributed by atoms with Gasteiger partial charge in [0.25, 0.3) is 0 Å². The topological polar surface area (TPSA) is 67.4 Å². The van der Waals surface area contributed by atoms with Crippen molar-refractivity contribution in [1.29, 1.82) is 0 Å². The van der Waals surface area contributed by atoms with Crippen molar-refractivity contribution in [1.82, 2.24) is 10.2 Å². The molecule has 3 aromatic rings. The van der Waals surface area contributed by atoms with Crippen molar-refractivity contribution in [3.63, 3.8) is 0 Å². The molecule has 0 saturated heterocycles. The first kappa shape index (κ1) is 19.9. The van der Waals surface area contributed by atoms with Crippen LogP contribution in [0.2, 0.25) is 0 Å². The van der Waals surface area contributed by atoms with E-state index in [2.05, 4.69) is 22.1 Å². The van der Waals surface area contributed by atoms with Crippen molar-refractivity contribution in [3.05, 3.63) is 67.3 Å². The number of nitrogens with one attached hydrogen (secondary N) is 1. The molecule has 28 heavy (non-hydrogen) atoms. The average molecular weight is 413 g/mol. The van der Waals surface area contributed by atoms with Crippen molar-refractivity contribution in [3.8, 4) is 5.75 Å². The molecule has 2 aromatic carbocycles. The molecular formula is C20H20N4O2S2. The smallest absolute Gasteiger partial charge is 0.237 e. The summed E-state index contributed by atoms with van der Waals surface area (Å²) in [5, 5.41) is 12.2. The molecule has 0 radical (unpaired) electrons. The molecule has 0 spiro atoms. The number of aromatic nitrogens is 2. The van der Waals surface area contributed by atoms with Gasteiger partial charge in [-0.05, 0) is 36.4 Å². The lowest BCUT2D eigenvalue weighted by Gasteiger charge is -2.20. The summed E-state index contributed by atoms with van der Waals surface area (Å²) in [6.45, 7) is 4.21. The highest BCUT2D eigenvalue weighted by Gasteiger charge is 2.16. The molecule has 1 aromatic heterocycles. The van der Waals surface area contributed by atoms with Crippen molar-refractivity contribution < 1.29 is 9.53 Å². The minimum atomic E-state index is -0.00374. The standard InChI is InChI=1S/C20H20N4O2S2/c1-3-13-24(16-7-5-4-6-8-16)18(25)14-27-20-23-22-19(28-20)21-15-9-11-17(26-2)12-10-15/h3-12H,1,13-14H2,2H3,(H,21,22). The number of anilines is 3. The fraction of sp³-hybridized carbons (Fsp3) is 0.150. The van der Waals surface area contributed by atoms with E-state index < -0.39 is 0 Å². The fourth-order valence-electron chi connectivity index (χ4n) is 2.41. The Kier molecular flexibility index (Phi) is 7.05. The van der Waals surface area contributed by atoms with Crippen molar-refractivity contribution in [2.24, 2.45) is 0 Å². The van der Waals surface area contributed by atoms with E-state index >= 15 is 0 Å². The van der Waals surface area contributed by atoms with Crippen LogP contribution in [0.5, 0.6) is 5.75 Å². The quantitative estimate of drug-likeness (QED) is 0.409. The average Bonchev–Trinajstić information content (AvgIpc) is 3.19. The lowest BCUT2D eigenvalue weighted by molar-refractivity contribution is -0.116. The summed E-state index contributed by atoms with van der Waals surface area (Å²) in [6.07, 6.45) is 1.72. The number of amides is 1. The van der Waals surface area contributed by atoms with E-state index in [0.29, 0.717) is 11.7 Å². The van der Waals surface area contributed by atoms with Gasteiger partial charge in [0.05, 0.1) is 12.9 Å². The van der Waals surface area contributed by atoms with Gasteiger partial charge >= 0.3 is 0 Å². The third-order valence-electron chi connectivity index (χ3n) is 3.75. The number of benzene rings is 2. The number of nitrogens with zero attached hydrogens (tertiary/aromatic N) is 3. The van der Waals surface area contributed by atoms with E-state index in [-0.39, 0.29) is 11.7 Å². The second kappa shape index (κ2) is 9.91. The monoisotopic (exact) mass is 412 g/mol. The molecule has 0 aliphatic heterocycles. The zero-order valence-corrected chi connectivity index (χ0v) is 17.0. The van der Waals surface area contributed by atoms with Crippen LogP contribution in [0.25, 0.3) is 0 Å². The number of methoxy groups -OCH3 is 1. The molecule has 6 nitrogen and oxygen atoms in total. The number of carbonyl (C=O) groups is 1. The summed E-state index contributed by atoms with van der Waals surface area (Å²) in [5.41, 5.74) is 1.75. The van der Waals surface area contributed by atoms with E-state index in [0.717, 1.165) is 21.5 Å². The van der Waals surface area contributed by atoms with Gasteiger partial charge in [-0.15, -0.1) is 16.8 Å².